The Bertz CT molecular complexity index is 1150. The van der Waals surface area contributed by atoms with E-state index in [0.717, 1.165) is 0 Å². The fourth-order valence-electron chi connectivity index (χ4n) is 2.26. The van der Waals surface area contributed by atoms with Crippen molar-refractivity contribution in [2.45, 2.75) is 4.90 Å². The molecule has 0 atom stereocenters. The van der Waals surface area contributed by atoms with Gasteiger partial charge in [0.2, 0.25) is 5.88 Å². The van der Waals surface area contributed by atoms with Gasteiger partial charge in [-0.2, -0.15) is 0 Å². The predicted octanol–water partition coefficient (Wildman–Crippen LogP) is 1.81. The molecule has 12 heteroatoms. The van der Waals surface area contributed by atoms with Gasteiger partial charge in [-0.3, -0.25) is 19.8 Å². The molecule has 1 amide bonds. The molecule has 0 saturated heterocycles. The molecule has 3 rings (SSSR count). The maximum Gasteiger partial charge on any atom is 0.263 e. The summed E-state index contributed by atoms with van der Waals surface area (Å²) in [6.45, 7) is 0. The smallest absolute Gasteiger partial charge is 0.263 e. The maximum absolute atomic E-state index is 12.5. The number of amides is 1. The number of carbonyl (C=O) groups excluding carboxylic acids is 1. The second-order valence-corrected chi connectivity index (χ2v) is 7.82. The zero-order valence-electron chi connectivity index (χ0n) is 15.6. The van der Waals surface area contributed by atoms with Crippen LogP contribution in [0.2, 0.25) is 0 Å². The highest BCUT2D eigenvalue weighted by Gasteiger charge is 2.16. The zero-order valence-corrected chi connectivity index (χ0v) is 17.2. The number of aromatic nitrogens is 3. The first kappa shape index (κ1) is 21.1. The van der Waals surface area contributed by atoms with Gasteiger partial charge in [0.15, 0.2) is 5.11 Å². The predicted molar refractivity (Wildman–Crippen MR) is 114 cm³/mol. The van der Waals surface area contributed by atoms with Crippen LogP contribution in [0.5, 0.6) is 5.88 Å². The molecule has 3 aromatic rings. The van der Waals surface area contributed by atoms with E-state index in [1.807, 2.05) is 0 Å². The number of thiocarbonyl (C=S) groups is 1. The lowest BCUT2D eigenvalue weighted by atomic mass is 10.3. The summed E-state index contributed by atoms with van der Waals surface area (Å²) < 4.78 is 32.3. The minimum atomic E-state index is -3.87. The summed E-state index contributed by atoms with van der Waals surface area (Å²) in [6.07, 6.45) is 4.15. The van der Waals surface area contributed by atoms with Crippen LogP contribution in [-0.2, 0) is 10.0 Å². The van der Waals surface area contributed by atoms with Crippen LogP contribution in [-0.4, -0.2) is 41.5 Å². The number of nitrogens with one attached hydrogen (secondary N) is 3. The second-order valence-electron chi connectivity index (χ2n) is 5.73. The van der Waals surface area contributed by atoms with Gasteiger partial charge in [0.1, 0.15) is 12.1 Å². The summed E-state index contributed by atoms with van der Waals surface area (Å²) in [5, 5.41) is 5.39. The first-order valence-electron chi connectivity index (χ1n) is 8.38. The number of hydrogen-bond acceptors (Lipinski definition) is 8. The van der Waals surface area contributed by atoms with E-state index in [9.17, 15) is 13.2 Å². The minimum Gasteiger partial charge on any atom is -0.481 e. The summed E-state index contributed by atoms with van der Waals surface area (Å²) in [5.74, 6) is -0.114. The van der Waals surface area contributed by atoms with Gasteiger partial charge in [0.25, 0.3) is 15.9 Å². The Morgan fingerprint density at radius 3 is 2.57 bits per heavy atom. The van der Waals surface area contributed by atoms with Crippen LogP contribution in [0.3, 0.4) is 0 Å². The number of hydrogen-bond donors (Lipinski definition) is 3. The average Bonchev–Trinajstić information content (AvgIpc) is 2.74. The van der Waals surface area contributed by atoms with Gasteiger partial charge in [0.05, 0.1) is 17.6 Å². The molecule has 2 aromatic heterocycles. The average molecular weight is 444 g/mol. The molecule has 0 aliphatic carbocycles. The van der Waals surface area contributed by atoms with Gasteiger partial charge in [-0.1, -0.05) is 0 Å². The number of carbonyl (C=O) groups is 1. The molecule has 1 aromatic carbocycles. The lowest BCUT2D eigenvalue weighted by Crippen LogP contribution is -2.34. The summed E-state index contributed by atoms with van der Waals surface area (Å²) in [7, 11) is -2.46. The van der Waals surface area contributed by atoms with Gasteiger partial charge >= 0.3 is 0 Å². The standard InChI is InChI=1S/C18H16N6O4S2/c1-28-16-9-15(20-11-21-16)24-30(26,27)14-6-4-13(5-7-14)22-18(29)23-17(25)12-3-2-8-19-10-12/h2-11H,1H3,(H,20,21,24)(H2,22,23,25,29). The Morgan fingerprint density at radius 1 is 1.13 bits per heavy atom. The number of nitrogens with zero attached hydrogens (tertiary/aromatic N) is 3. The van der Waals surface area contributed by atoms with Crippen molar-refractivity contribution in [3.63, 3.8) is 0 Å². The summed E-state index contributed by atoms with van der Waals surface area (Å²) in [5.41, 5.74) is 0.852. The molecular weight excluding hydrogens is 428 g/mol. The normalized spacial score (nSPS) is 10.7. The Morgan fingerprint density at radius 2 is 1.90 bits per heavy atom. The molecular formula is C18H16N6O4S2. The first-order valence-corrected chi connectivity index (χ1v) is 10.3. The molecule has 0 aliphatic rings. The molecule has 0 unspecified atom stereocenters. The molecule has 0 fully saturated rings. The van der Waals surface area contributed by atoms with Gasteiger partial charge in [0, 0.05) is 24.1 Å². The van der Waals surface area contributed by atoms with Crippen LogP contribution in [0, 0.1) is 0 Å². The summed E-state index contributed by atoms with van der Waals surface area (Å²) in [4.78, 5) is 23.6. The zero-order chi connectivity index (χ0) is 21.6. The molecule has 154 valence electrons. The van der Waals surface area contributed by atoms with Crippen molar-refractivity contribution in [1.29, 1.82) is 0 Å². The molecule has 0 spiro atoms. The van der Waals surface area contributed by atoms with Crippen LogP contribution in [0.4, 0.5) is 11.5 Å². The van der Waals surface area contributed by atoms with E-state index in [1.165, 1.54) is 50.0 Å². The van der Waals surface area contributed by atoms with E-state index in [1.54, 1.807) is 18.3 Å². The van der Waals surface area contributed by atoms with Crippen molar-refractivity contribution in [2.75, 3.05) is 17.1 Å². The van der Waals surface area contributed by atoms with Crippen LogP contribution >= 0.6 is 12.2 Å². The van der Waals surface area contributed by atoms with Gasteiger partial charge in [-0.15, -0.1) is 0 Å². The number of rotatable bonds is 6. The van der Waals surface area contributed by atoms with E-state index >= 15 is 0 Å². The fourth-order valence-corrected chi connectivity index (χ4v) is 3.47. The quantitative estimate of drug-likeness (QED) is 0.486. The van der Waals surface area contributed by atoms with Crippen molar-refractivity contribution >= 4 is 44.8 Å². The van der Waals surface area contributed by atoms with Crippen molar-refractivity contribution in [3.05, 3.63) is 66.7 Å². The highest BCUT2D eigenvalue weighted by atomic mass is 32.2. The number of anilines is 2. The van der Waals surface area contributed by atoms with Crippen molar-refractivity contribution < 1.29 is 17.9 Å². The topological polar surface area (TPSA) is 135 Å². The van der Waals surface area contributed by atoms with Crippen molar-refractivity contribution in [1.82, 2.24) is 20.3 Å². The number of pyridine rings is 1. The molecule has 0 radical (unpaired) electrons. The molecule has 10 nitrogen and oxygen atoms in total. The third kappa shape index (κ3) is 5.46. The fraction of sp³-hybridized carbons (Fsp3) is 0.0556. The lowest BCUT2D eigenvalue weighted by Gasteiger charge is -2.11. The SMILES string of the molecule is COc1cc(NS(=O)(=O)c2ccc(NC(=S)NC(=O)c3cccnc3)cc2)ncn1. The molecule has 0 saturated carbocycles. The van der Waals surface area contributed by atoms with Crippen LogP contribution in [0.1, 0.15) is 10.4 Å². The van der Waals surface area contributed by atoms with Crippen LogP contribution in [0.25, 0.3) is 0 Å². The first-order chi connectivity index (χ1) is 14.4. The Kier molecular flexibility index (Phi) is 6.49. The third-order valence-electron chi connectivity index (χ3n) is 3.66. The van der Waals surface area contributed by atoms with Gasteiger partial charge in [-0.25, -0.2) is 18.4 Å². The number of benzene rings is 1. The van der Waals surface area contributed by atoms with E-state index in [4.69, 9.17) is 17.0 Å². The number of ether oxygens (including phenoxy) is 1. The lowest BCUT2D eigenvalue weighted by molar-refractivity contribution is 0.0977. The summed E-state index contributed by atoms with van der Waals surface area (Å²) in [6, 6.07) is 10.4. The molecule has 0 aliphatic heterocycles. The van der Waals surface area contributed by atoms with Crippen molar-refractivity contribution in [3.8, 4) is 5.88 Å². The van der Waals surface area contributed by atoms with E-state index < -0.39 is 15.9 Å². The Hall–Kier alpha value is -3.64. The molecule has 30 heavy (non-hydrogen) atoms. The minimum absolute atomic E-state index is 0.0101. The van der Waals surface area contributed by atoms with E-state index in [-0.39, 0.29) is 21.7 Å². The van der Waals surface area contributed by atoms with Crippen LogP contribution < -0.4 is 20.1 Å². The van der Waals surface area contributed by atoms with Crippen molar-refractivity contribution in [2.24, 2.45) is 0 Å². The third-order valence-corrected chi connectivity index (χ3v) is 5.24. The summed E-state index contributed by atoms with van der Waals surface area (Å²) >= 11 is 5.11. The van der Waals surface area contributed by atoms with E-state index in [2.05, 4.69) is 30.3 Å². The van der Waals surface area contributed by atoms with Gasteiger partial charge in [-0.05, 0) is 48.6 Å². The molecule has 3 N–H and O–H groups in total. The number of sulfonamides is 1. The highest BCUT2D eigenvalue weighted by molar-refractivity contribution is 7.92. The second kappa shape index (κ2) is 9.24. The van der Waals surface area contributed by atoms with E-state index in [0.29, 0.717) is 11.3 Å². The van der Waals surface area contributed by atoms with Crippen LogP contribution in [0.15, 0.2) is 66.1 Å². The number of methoxy groups -OCH3 is 1. The largest absolute Gasteiger partial charge is 0.481 e. The maximum atomic E-state index is 12.5. The Balaban J connectivity index is 1.63. The van der Waals surface area contributed by atoms with Gasteiger partial charge < -0.3 is 10.1 Å². The Labute approximate surface area is 177 Å². The highest BCUT2D eigenvalue weighted by Crippen LogP contribution is 2.18. The molecule has 2 heterocycles. The monoisotopic (exact) mass is 444 g/mol. The molecule has 0 bridgehead atoms.